The summed E-state index contributed by atoms with van der Waals surface area (Å²) in [5.74, 6) is 0.433. The van der Waals surface area contributed by atoms with E-state index >= 15 is 0 Å². The van der Waals surface area contributed by atoms with Gasteiger partial charge in [-0.1, -0.05) is 6.07 Å². The van der Waals surface area contributed by atoms with Crippen LogP contribution in [-0.2, 0) is 6.54 Å². The van der Waals surface area contributed by atoms with Crippen molar-refractivity contribution in [2.24, 2.45) is 0 Å². The van der Waals surface area contributed by atoms with E-state index in [0.717, 1.165) is 32.5 Å². The van der Waals surface area contributed by atoms with Crippen LogP contribution >= 0.6 is 11.3 Å². The fraction of sp³-hybridized carbons (Fsp3) is 0.467. The molecule has 1 atom stereocenters. The lowest BCUT2D eigenvalue weighted by molar-refractivity contribution is 0.0895. The molecule has 0 saturated carbocycles. The Morgan fingerprint density at radius 3 is 3.24 bits per heavy atom. The van der Waals surface area contributed by atoms with Crippen LogP contribution in [0.2, 0.25) is 0 Å². The smallest absolute Gasteiger partial charge is 0.273 e. The largest absolute Gasteiger partial charge is 0.448 e. The van der Waals surface area contributed by atoms with Crippen molar-refractivity contribution in [3.8, 4) is 0 Å². The van der Waals surface area contributed by atoms with Gasteiger partial charge in [0, 0.05) is 24.0 Å². The van der Waals surface area contributed by atoms with Crippen molar-refractivity contribution < 1.29 is 9.21 Å². The number of hydrogen-bond acceptors (Lipinski definition) is 5. The Balaban J connectivity index is 1.56. The van der Waals surface area contributed by atoms with Crippen LogP contribution in [0, 0.1) is 6.92 Å². The Morgan fingerprint density at radius 1 is 1.62 bits per heavy atom. The number of aryl methyl sites for hydroxylation is 1. The van der Waals surface area contributed by atoms with Gasteiger partial charge in [0.05, 0.1) is 0 Å². The molecule has 1 fully saturated rings. The van der Waals surface area contributed by atoms with Crippen molar-refractivity contribution in [3.63, 3.8) is 0 Å². The number of carbonyl (C=O) groups is 1. The number of thiophene rings is 1. The zero-order valence-electron chi connectivity index (χ0n) is 12.0. The summed E-state index contributed by atoms with van der Waals surface area (Å²) in [5, 5.41) is 5.18. The molecular formula is C15H19N3O2S. The average Bonchev–Trinajstić information content (AvgIpc) is 3.10. The quantitative estimate of drug-likeness (QED) is 0.942. The molecule has 6 heteroatoms. The maximum absolute atomic E-state index is 12.2. The molecule has 1 N–H and O–H groups in total. The van der Waals surface area contributed by atoms with Crippen molar-refractivity contribution in [3.05, 3.63) is 40.2 Å². The number of piperidine rings is 1. The molecule has 1 saturated heterocycles. The van der Waals surface area contributed by atoms with Gasteiger partial charge in [0.2, 0.25) is 0 Å². The number of rotatable bonds is 4. The monoisotopic (exact) mass is 305 g/mol. The van der Waals surface area contributed by atoms with Gasteiger partial charge < -0.3 is 9.73 Å². The normalized spacial score (nSPS) is 19.6. The van der Waals surface area contributed by atoms with Gasteiger partial charge in [0.25, 0.3) is 5.91 Å². The fourth-order valence-electron chi connectivity index (χ4n) is 2.72. The second-order valence-corrected chi connectivity index (χ2v) is 6.42. The van der Waals surface area contributed by atoms with E-state index in [9.17, 15) is 4.79 Å². The summed E-state index contributed by atoms with van der Waals surface area (Å²) in [4.78, 5) is 19.9. The molecule has 1 aliphatic heterocycles. The number of oxazole rings is 1. The van der Waals surface area contributed by atoms with Crippen LogP contribution in [-0.4, -0.2) is 34.9 Å². The first-order chi connectivity index (χ1) is 10.2. The molecule has 0 aromatic carbocycles. The van der Waals surface area contributed by atoms with Crippen LogP contribution in [0.3, 0.4) is 0 Å². The Bertz CT molecular complexity index is 594. The summed E-state index contributed by atoms with van der Waals surface area (Å²) < 4.78 is 5.09. The highest BCUT2D eigenvalue weighted by Crippen LogP contribution is 2.17. The summed E-state index contributed by atoms with van der Waals surface area (Å²) >= 11 is 1.78. The van der Waals surface area contributed by atoms with Crippen molar-refractivity contribution >= 4 is 17.2 Å². The van der Waals surface area contributed by atoms with Crippen LogP contribution in [0.15, 0.2) is 28.3 Å². The van der Waals surface area contributed by atoms with E-state index in [1.54, 1.807) is 18.3 Å². The minimum Gasteiger partial charge on any atom is -0.448 e. The van der Waals surface area contributed by atoms with Crippen molar-refractivity contribution in [1.29, 1.82) is 0 Å². The van der Waals surface area contributed by atoms with Crippen LogP contribution in [0.1, 0.15) is 34.0 Å². The first-order valence-electron chi connectivity index (χ1n) is 7.18. The molecule has 2 aromatic heterocycles. The summed E-state index contributed by atoms with van der Waals surface area (Å²) in [6, 6.07) is 4.42. The highest BCUT2D eigenvalue weighted by atomic mass is 32.1. The number of amides is 1. The molecule has 5 nitrogen and oxygen atoms in total. The molecule has 0 bridgehead atoms. The topological polar surface area (TPSA) is 58.4 Å². The lowest BCUT2D eigenvalue weighted by atomic mass is 10.1. The molecule has 0 radical (unpaired) electrons. The molecule has 3 rings (SSSR count). The van der Waals surface area contributed by atoms with Crippen LogP contribution in [0.4, 0.5) is 0 Å². The Morgan fingerprint density at radius 2 is 2.52 bits per heavy atom. The molecule has 21 heavy (non-hydrogen) atoms. The third kappa shape index (κ3) is 3.51. The number of nitrogens with one attached hydrogen (secondary N) is 1. The Labute approximate surface area is 128 Å². The Hall–Kier alpha value is -1.66. The zero-order valence-corrected chi connectivity index (χ0v) is 12.9. The maximum atomic E-state index is 12.2. The van der Waals surface area contributed by atoms with Gasteiger partial charge in [-0.05, 0) is 37.8 Å². The van der Waals surface area contributed by atoms with E-state index < -0.39 is 0 Å². The third-order valence-corrected chi connectivity index (χ3v) is 4.62. The number of hydrogen-bond donors (Lipinski definition) is 1. The molecular weight excluding hydrogens is 286 g/mol. The SMILES string of the molecule is Cc1ocnc1C(=O)N[C@@H]1CCCN(Cc2cccs2)C1. The van der Waals surface area contributed by atoms with Gasteiger partial charge in [-0.25, -0.2) is 4.98 Å². The lowest BCUT2D eigenvalue weighted by Gasteiger charge is -2.32. The molecule has 2 aromatic rings. The summed E-state index contributed by atoms with van der Waals surface area (Å²) in [6.45, 7) is 4.70. The van der Waals surface area contributed by atoms with Gasteiger partial charge in [0.1, 0.15) is 5.76 Å². The standard InChI is InChI=1S/C15H19N3O2S/c1-11-14(16-10-20-11)15(19)17-12-4-2-6-18(8-12)9-13-5-3-7-21-13/h3,5,7,10,12H,2,4,6,8-9H2,1H3,(H,17,19)/t12-/m1/s1. The molecule has 3 heterocycles. The molecule has 0 aliphatic carbocycles. The van der Waals surface area contributed by atoms with Gasteiger partial charge in [-0.3, -0.25) is 9.69 Å². The molecule has 0 unspecified atom stereocenters. The van der Waals surface area contributed by atoms with E-state index in [-0.39, 0.29) is 11.9 Å². The van der Waals surface area contributed by atoms with E-state index in [4.69, 9.17) is 4.42 Å². The fourth-order valence-corrected chi connectivity index (χ4v) is 3.46. The molecule has 112 valence electrons. The molecule has 1 amide bonds. The second-order valence-electron chi connectivity index (χ2n) is 5.38. The number of aromatic nitrogens is 1. The number of likely N-dealkylation sites (tertiary alicyclic amines) is 1. The first-order valence-corrected chi connectivity index (χ1v) is 8.06. The minimum absolute atomic E-state index is 0.135. The van der Waals surface area contributed by atoms with E-state index in [1.165, 1.54) is 11.3 Å². The summed E-state index contributed by atoms with van der Waals surface area (Å²) in [7, 11) is 0. The highest BCUT2D eigenvalue weighted by molar-refractivity contribution is 7.09. The first kappa shape index (κ1) is 14.3. The van der Waals surface area contributed by atoms with Gasteiger partial charge >= 0.3 is 0 Å². The second kappa shape index (κ2) is 6.41. The molecule has 1 aliphatic rings. The van der Waals surface area contributed by atoms with Crippen molar-refractivity contribution in [2.75, 3.05) is 13.1 Å². The minimum atomic E-state index is -0.135. The van der Waals surface area contributed by atoms with Crippen molar-refractivity contribution in [1.82, 2.24) is 15.2 Å². The van der Waals surface area contributed by atoms with Crippen LogP contribution < -0.4 is 5.32 Å². The van der Waals surface area contributed by atoms with Gasteiger partial charge in [0.15, 0.2) is 12.1 Å². The summed E-state index contributed by atoms with van der Waals surface area (Å²) in [5.41, 5.74) is 0.394. The third-order valence-electron chi connectivity index (χ3n) is 3.76. The highest BCUT2D eigenvalue weighted by Gasteiger charge is 2.23. The van der Waals surface area contributed by atoms with Crippen LogP contribution in [0.5, 0.6) is 0 Å². The van der Waals surface area contributed by atoms with E-state index in [1.807, 2.05) is 0 Å². The maximum Gasteiger partial charge on any atom is 0.273 e. The van der Waals surface area contributed by atoms with Gasteiger partial charge in [-0.15, -0.1) is 11.3 Å². The van der Waals surface area contributed by atoms with Crippen LogP contribution in [0.25, 0.3) is 0 Å². The number of nitrogens with zero attached hydrogens (tertiary/aromatic N) is 2. The van der Waals surface area contributed by atoms with Crippen molar-refractivity contribution in [2.45, 2.75) is 32.4 Å². The zero-order chi connectivity index (χ0) is 14.7. The van der Waals surface area contributed by atoms with E-state index in [2.05, 4.69) is 32.7 Å². The van der Waals surface area contributed by atoms with Gasteiger partial charge in [-0.2, -0.15) is 0 Å². The Kier molecular flexibility index (Phi) is 4.36. The molecule has 0 spiro atoms. The predicted octanol–water partition coefficient (Wildman–Crippen LogP) is 2.44. The predicted molar refractivity (Wildman–Crippen MR) is 81.3 cm³/mol. The average molecular weight is 305 g/mol. The van der Waals surface area contributed by atoms with E-state index in [0.29, 0.717) is 11.5 Å². The summed E-state index contributed by atoms with van der Waals surface area (Å²) in [6.07, 6.45) is 3.44. The lowest BCUT2D eigenvalue weighted by Crippen LogP contribution is -2.47. The number of carbonyl (C=O) groups excluding carboxylic acids is 1.